The Morgan fingerprint density at radius 3 is 1.29 bits per heavy atom. The van der Waals surface area contributed by atoms with E-state index in [2.05, 4.69) is 99.0 Å². The molecule has 2 aromatic carbocycles. The maximum atomic E-state index is 4.17. The van der Waals surface area contributed by atoms with Crippen molar-refractivity contribution < 1.29 is 0 Å². The predicted molar refractivity (Wildman–Crippen MR) is 114 cm³/mol. The molecule has 0 spiro atoms. The summed E-state index contributed by atoms with van der Waals surface area (Å²) in [4.78, 5) is 0. The first-order valence-corrected chi connectivity index (χ1v) is 11.0. The molecule has 4 bridgehead atoms. The molecule has 6 rings (SSSR count). The first kappa shape index (κ1) is 17.2. The van der Waals surface area contributed by atoms with Crippen molar-refractivity contribution >= 4 is 0 Å². The van der Waals surface area contributed by atoms with Crippen LogP contribution in [0, 0.1) is 10.8 Å². The van der Waals surface area contributed by atoms with Gasteiger partial charge in [0, 0.05) is 35.0 Å². The zero-order chi connectivity index (χ0) is 19.4. The van der Waals surface area contributed by atoms with E-state index in [1.807, 2.05) is 0 Å². The van der Waals surface area contributed by atoms with Gasteiger partial charge in [0.05, 0.1) is 0 Å². The average molecular weight is 373 g/mol. The number of rotatable bonds is 2. The average Bonchev–Trinajstić information content (AvgIpc) is 2.91. The molecule has 2 aliphatic carbocycles. The van der Waals surface area contributed by atoms with Crippen LogP contribution in [0.25, 0.3) is 0 Å². The zero-order valence-corrected chi connectivity index (χ0v) is 17.5. The lowest BCUT2D eigenvalue weighted by atomic mass is 9.33. The van der Waals surface area contributed by atoms with Crippen molar-refractivity contribution in [2.45, 2.75) is 75.5 Å². The van der Waals surface area contributed by atoms with E-state index >= 15 is 0 Å². The molecule has 4 fully saturated rings. The molecule has 2 aliphatic heterocycles. The third kappa shape index (κ3) is 1.53. The van der Waals surface area contributed by atoms with Crippen LogP contribution in [0.15, 0.2) is 60.7 Å². The van der Waals surface area contributed by atoms with Crippen LogP contribution >= 0.6 is 0 Å². The fourth-order valence-electron chi connectivity index (χ4n) is 8.86. The number of benzene rings is 2. The number of fused-ring (bicyclic) bond motifs is 2. The van der Waals surface area contributed by atoms with Gasteiger partial charge in [-0.3, -0.25) is 0 Å². The highest BCUT2D eigenvalue weighted by atomic mass is 15.2. The van der Waals surface area contributed by atoms with Crippen LogP contribution < -0.4 is 10.6 Å². The van der Waals surface area contributed by atoms with Crippen LogP contribution in [0.2, 0.25) is 0 Å². The third-order valence-electron chi connectivity index (χ3n) is 9.65. The normalized spacial score (nSPS) is 44.0. The summed E-state index contributed by atoms with van der Waals surface area (Å²) in [5.74, 6) is 0. The molecule has 0 amide bonds. The molecule has 2 nitrogen and oxygen atoms in total. The van der Waals surface area contributed by atoms with Gasteiger partial charge in [-0.25, -0.2) is 0 Å². The summed E-state index contributed by atoms with van der Waals surface area (Å²) in [5.41, 5.74) is 3.56. The Hall–Kier alpha value is -1.64. The van der Waals surface area contributed by atoms with E-state index < -0.39 is 0 Å². The predicted octanol–water partition coefficient (Wildman–Crippen LogP) is 4.40. The largest absolute Gasteiger partial charge is 0.310 e. The summed E-state index contributed by atoms with van der Waals surface area (Å²) in [6.45, 7) is 10.2. The summed E-state index contributed by atoms with van der Waals surface area (Å²) in [6, 6.07) is 25.1. The fourth-order valence-corrected chi connectivity index (χ4v) is 8.86. The molecule has 6 atom stereocenters. The first-order chi connectivity index (χ1) is 13.4. The van der Waals surface area contributed by atoms with Crippen LogP contribution in [-0.2, 0) is 10.8 Å². The van der Waals surface area contributed by atoms with Gasteiger partial charge >= 0.3 is 0 Å². The van der Waals surface area contributed by atoms with Crippen LogP contribution in [0.3, 0.4) is 0 Å². The van der Waals surface area contributed by atoms with Gasteiger partial charge < -0.3 is 10.6 Å². The highest BCUT2D eigenvalue weighted by Gasteiger charge is 2.83. The minimum Gasteiger partial charge on any atom is -0.310 e. The lowest BCUT2D eigenvalue weighted by Gasteiger charge is -2.68. The molecule has 4 aliphatic rings. The topological polar surface area (TPSA) is 24.1 Å². The molecule has 2 saturated heterocycles. The fraction of sp³-hybridized carbons (Fsp3) is 0.538. The van der Waals surface area contributed by atoms with Gasteiger partial charge in [0.2, 0.25) is 0 Å². The standard InChI is InChI=1S/C26H32N2/c1-23(2)19-15-22-26(18-13-9-6-10-14-18)24(3,4)20(28-22)16-21(27-19)25(23,26)17-11-7-5-8-12-17/h5-14,19-22,27-28H,15-16H2,1-4H3/t19-,20-,21+,22+,25-,26+/m1/s1. The molecule has 2 aromatic rings. The second kappa shape index (κ2) is 5.09. The highest BCUT2D eigenvalue weighted by Crippen LogP contribution is 2.76. The van der Waals surface area contributed by atoms with Gasteiger partial charge in [-0.2, -0.15) is 0 Å². The minimum absolute atomic E-state index is 0.0691. The second-order valence-corrected chi connectivity index (χ2v) is 10.8. The first-order valence-electron chi connectivity index (χ1n) is 11.0. The van der Waals surface area contributed by atoms with Crippen molar-refractivity contribution in [3.63, 3.8) is 0 Å². The summed E-state index contributed by atoms with van der Waals surface area (Å²) in [7, 11) is 0. The zero-order valence-electron chi connectivity index (χ0n) is 17.5. The van der Waals surface area contributed by atoms with Gasteiger partial charge in [0.1, 0.15) is 0 Å². The van der Waals surface area contributed by atoms with E-state index in [1.165, 1.54) is 24.0 Å². The molecular formula is C26H32N2. The van der Waals surface area contributed by atoms with Crippen LogP contribution in [0.4, 0.5) is 0 Å². The molecule has 0 unspecified atom stereocenters. The monoisotopic (exact) mass is 372 g/mol. The van der Waals surface area contributed by atoms with Crippen molar-refractivity contribution in [3.05, 3.63) is 71.8 Å². The lowest BCUT2D eigenvalue weighted by molar-refractivity contribution is -0.0591. The molecule has 2 heteroatoms. The summed E-state index contributed by atoms with van der Waals surface area (Å²) < 4.78 is 0. The Morgan fingerprint density at radius 1 is 0.571 bits per heavy atom. The van der Waals surface area contributed by atoms with Gasteiger partial charge in [0.25, 0.3) is 0 Å². The van der Waals surface area contributed by atoms with Gasteiger partial charge in [0.15, 0.2) is 0 Å². The maximum Gasteiger partial charge on any atom is 0.0290 e. The summed E-state index contributed by atoms with van der Waals surface area (Å²) in [5, 5.41) is 8.33. The SMILES string of the molecule is CC1(C)[C@H]2C[C@@H]3N[C@@H]4C[C@H](N2)[C@]1(c1ccccc1)[C@@]3(c1ccccc1)C4(C)C. The molecular weight excluding hydrogens is 340 g/mol. The van der Waals surface area contributed by atoms with E-state index in [9.17, 15) is 0 Å². The van der Waals surface area contributed by atoms with Crippen molar-refractivity contribution in [3.8, 4) is 0 Å². The Labute approximate surface area is 169 Å². The second-order valence-electron chi connectivity index (χ2n) is 10.8. The van der Waals surface area contributed by atoms with Crippen LogP contribution in [0.5, 0.6) is 0 Å². The smallest absolute Gasteiger partial charge is 0.0290 e. The number of hydrogen-bond acceptors (Lipinski definition) is 2. The van der Waals surface area contributed by atoms with E-state index in [-0.39, 0.29) is 21.7 Å². The van der Waals surface area contributed by atoms with E-state index in [0.29, 0.717) is 24.2 Å². The Balaban J connectivity index is 1.79. The Bertz CT molecular complexity index is 840. The summed E-state index contributed by atoms with van der Waals surface area (Å²) in [6.07, 6.45) is 2.43. The third-order valence-corrected chi connectivity index (χ3v) is 9.65. The number of nitrogens with one attached hydrogen (secondary N) is 2. The molecule has 28 heavy (non-hydrogen) atoms. The quantitative estimate of drug-likeness (QED) is 0.816. The molecule has 146 valence electrons. The van der Waals surface area contributed by atoms with E-state index in [4.69, 9.17) is 0 Å². The highest BCUT2D eigenvalue weighted by molar-refractivity contribution is 5.55. The lowest BCUT2D eigenvalue weighted by Crippen LogP contribution is -2.74. The molecule has 2 N–H and O–H groups in total. The van der Waals surface area contributed by atoms with Crippen molar-refractivity contribution in [2.24, 2.45) is 10.8 Å². The van der Waals surface area contributed by atoms with E-state index in [0.717, 1.165) is 0 Å². The van der Waals surface area contributed by atoms with Crippen molar-refractivity contribution in [2.75, 3.05) is 0 Å². The van der Waals surface area contributed by atoms with Gasteiger partial charge in [-0.05, 0) is 34.8 Å². The minimum atomic E-state index is 0.0691. The van der Waals surface area contributed by atoms with Crippen molar-refractivity contribution in [1.82, 2.24) is 10.6 Å². The Kier molecular flexibility index (Phi) is 3.14. The van der Waals surface area contributed by atoms with Crippen LogP contribution in [-0.4, -0.2) is 24.2 Å². The molecule has 0 aromatic heterocycles. The Morgan fingerprint density at radius 2 is 0.929 bits per heavy atom. The van der Waals surface area contributed by atoms with Crippen molar-refractivity contribution in [1.29, 1.82) is 0 Å². The molecule has 0 radical (unpaired) electrons. The maximum absolute atomic E-state index is 4.17. The van der Waals surface area contributed by atoms with E-state index in [1.54, 1.807) is 0 Å². The van der Waals surface area contributed by atoms with Crippen LogP contribution in [0.1, 0.15) is 51.7 Å². The summed E-state index contributed by atoms with van der Waals surface area (Å²) >= 11 is 0. The van der Waals surface area contributed by atoms with Gasteiger partial charge in [-0.15, -0.1) is 0 Å². The number of hydrogen-bond donors (Lipinski definition) is 2. The molecule has 2 heterocycles. The molecule has 2 saturated carbocycles. The van der Waals surface area contributed by atoms with Gasteiger partial charge in [-0.1, -0.05) is 88.4 Å².